The predicted molar refractivity (Wildman–Crippen MR) is 51.2 cm³/mol. The van der Waals surface area contributed by atoms with Gasteiger partial charge in [-0.3, -0.25) is 0 Å². The summed E-state index contributed by atoms with van der Waals surface area (Å²) in [6.45, 7) is 3.87. The molecule has 4 nitrogen and oxygen atoms in total. The molecule has 0 aliphatic rings. The maximum atomic E-state index is 11.2. The van der Waals surface area contributed by atoms with Crippen molar-refractivity contribution in [3.63, 3.8) is 0 Å². The van der Waals surface area contributed by atoms with Crippen molar-refractivity contribution in [1.82, 2.24) is 9.19 Å². The molecule has 1 heterocycles. The number of aryl methyl sites for hydroxylation is 2. The van der Waals surface area contributed by atoms with E-state index in [0.717, 1.165) is 21.9 Å². The van der Waals surface area contributed by atoms with E-state index in [9.17, 15) is 8.42 Å². The number of hydrogen-bond donors (Lipinski definition) is 0. The Kier molecular flexibility index (Phi) is 2.75. The maximum absolute atomic E-state index is 11.2. The summed E-state index contributed by atoms with van der Waals surface area (Å²) in [5, 5.41) is 4.00. The lowest BCUT2D eigenvalue weighted by Gasteiger charge is -2.00. The summed E-state index contributed by atoms with van der Waals surface area (Å²) in [5.74, 6) is 0. The quantitative estimate of drug-likeness (QED) is 0.729. The van der Waals surface area contributed by atoms with Crippen molar-refractivity contribution in [3.8, 4) is 0 Å². The number of rotatable bonds is 3. The number of aromatic nitrogens is 2. The lowest BCUT2D eigenvalue weighted by Crippen LogP contribution is -2.14. The van der Waals surface area contributed by atoms with Gasteiger partial charge in [0.2, 0.25) is 0 Å². The van der Waals surface area contributed by atoms with Gasteiger partial charge in [-0.15, -0.1) is 0 Å². The van der Waals surface area contributed by atoms with Gasteiger partial charge in [0.15, 0.2) is 0 Å². The Morgan fingerprint density at radius 2 is 2.00 bits per heavy atom. The van der Waals surface area contributed by atoms with E-state index < -0.39 is 10.0 Å². The van der Waals surface area contributed by atoms with E-state index in [0.29, 0.717) is 6.42 Å². The molecule has 0 aromatic carbocycles. The second kappa shape index (κ2) is 3.49. The molecule has 0 atom stereocenters. The van der Waals surface area contributed by atoms with Crippen molar-refractivity contribution < 1.29 is 8.42 Å². The van der Waals surface area contributed by atoms with E-state index in [-0.39, 0.29) is 0 Å². The van der Waals surface area contributed by atoms with Gasteiger partial charge >= 0.3 is 0 Å². The van der Waals surface area contributed by atoms with E-state index in [1.807, 2.05) is 19.9 Å². The van der Waals surface area contributed by atoms with Crippen LogP contribution in [0.1, 0.15) is 25.2 Å². The fourth-order valence-electron chi connectivity index (χ4n) is 1.15. The summed E-state index contributed by atoms with van der Waals surface area (Å²) in [4.78, 5) is 0. The van der Waals surface area contributed by atoms with Crippen molar-refractivity contribution in [2.75, 3.05) is 6.26 Å². The van der Waals surface area contributed by atoms with Gasteiger partial charge in [-0.25, -0.2) is 8.42 Å². The molecule has 74 valence electrons. The molecule has 0 aliphatic carbocycles. The molecule has 0 bridgehead atoms. The van der Waals surface area contributed by atoms with E-state index in [1.165, 1.54) is 6.26 Å². The van der Waals surface area contributed by atoms with Crippen LogP contribution in [0.4, 0.5) is 0 Å². The molecule has 5 heteroatoms. The first-order chi connectivity index (χ1) is 5.99. The second-order valence-corrected chi connectivity index (χ2v) is 4.75. The standard InChI is InChI=1S/C8H14N2O2S/c1-4-7-6-8(5-2)10(9-7)13(3,11)12/h6H,4-5H2,1-3H3. The summed E-state index contributed by atoms with van der Waals surface area (Å²) in [6, 6.07) is 1.83. The van der Waals surface area contributed by atoms with Crippen LogP contribution >= 0.6 is 0 Å². The summed E-state index contributed by atoms with van der Waals surface area (Å²) in [6.07, 6.45) is 2.61. The summed E-state index contributed by atoms with van der Waals surface area (Å²) in [5.41, 5.74) is 1.57. The lowest BCUT2D eigenvalue weighted by molar-refractivity contribution is 0.582. The minimum atomic E-state index is -3.23. The highest BCUT2D eigenvalue weighted by molar-refractivity contribution is 7.89. The van der Waals surface area contributed by atoms with E-state index in [4.69, 9.17) is 0 Å². The highest BCUT2D eigenvalue weighted by atomic mass is 32.2. The van der Waals surface area contributed by atoms with Gasteiger partial charge in [-0.2, -0.15) is 9.19 Å². The fourth-order valence-corrected chi connectivity index (χ4v) is 2.02. The van der Waals surface area contributed by atoms with Gasteiger partial charge in [0.05, 0.1) is 17.6 Å². The summed E-state index contributed by atoms with van der Waals surface area (Å²) in [7, 11) is -3.23. The van der Waals surface area contributed by atoms with Crippen molar-refractivity contribution in [2.24, 2.45) is 0 Å². The molecule has 0 saturated heterocycles. The molecule has 0 amide bonds. The Morgan fingerprint density at radius 1 is 1.38 bits per heavy atom. The molecular formula is C8H14N2O2S. The Balaban J connectivity index is 3.28. The van der Waals surface area contributed by atoms with Crippen LogP contribution in [0, 0.1) is 0 Å². The Hall–Kier alpha value is -0.840. The molecule has 0 unspecified atom stereocenters. The zero-order chi connectivity index (χ0) is 10.1. The highest BCUT2D eigenvalue weighted by Crippen LogP contribution is 2.08. The Bertz CT molecular complexity index is 392. The van der Waals surface area contributed by atoms with Gasteiger partial charge in [0, 0.05) is 0 Å². The summed E-state index contributed by atoms with van der Waals surface area (Å²) < 4.78 is 23.6. The van der Waals surface area contributed by atoms with Gasteiger partial charge in [-0.05, 0) is 18.9 Å². The molecule has 0 aliphatic heterocycles. The van der Waals surface area contributed by atoms with E-state index >= 15 is 0 Å². The topological polar surface area (TPSA) is 52.0 Å². The first-order valence-electron chi connectivity index (χ1n) is 4.27. The van der Waals surface area contributed by atoms with Crippen LogP contribution in [0.5, 0.6) is 0 Å². The third kappa shape index (κ3) is 2.09. The van der Waals surface area contributed by atoms with Crippen molar-refractivity contribution in [1.29, 1.82) is 0 Å². The Morgan fingerprint density at radius 3 is 2.31 bits per heavy atom. The van der Waals surface area contributed by atoms with E-state index in [1.54, 1.807) is 0 Å². The minimum absolute atomic E-state index is 0.681. The van der Waals surface area contributed by atoms with Crippen LogP contribution in [0.3, 0.4) is 0 Å². The second-order valence-electron chi connectivity index (χ2n) is 2.94. The number of nitrogens with zero attached hydrogens (tertiary/aromatic N) is 2. The smallest absolute Gasteiger partial charge is 0.205 e. The first kappa shape index (κ1) is 10.2. The van der Waals surface area contributed by atoms with Crippen molar-refractivity contribution >= 4 is 10.0 Å². The van der Waals surface area contributed by atoms with Crippen LogP contribution in [-0.4, -0.2) is 23.9 Å². The molecule has 0 N–H and O–H groups in total. The number of hydrogen-bond acceptors (Lipinski definition) is 3. The zero-order valence-corrected chi connectivity index (χ0v) is 8.93. The van der Waals surface area contributed by atoms with E-state index in [2.05, 4.69) is 5.10 Å². The molecule has 0 fully saturated rings. The third-order valence-corrected chi connectivity index (χ3v) is 2.78. The van der Waals surface area contributed by atoms with Crippen molar-refractivity contribution in [3.05, 3.63) is 17.5 Å². The molecule has 1 aromatic heterocycles. The van der Waals surface area contributed by atoms with Crippen LogP contribution in [0.15, 0.2) is 6.07 Å². The zero-order valence-electron chi connectivity index (χ0n) is 8.11. The minimum Gasteiger partial charge on any atom is -0.205 e. The molecule has 1 rings (SSSR count). The van der Waals surface area contributed by atoms with Crippen LogP contribution in [0.25, 0.3) is 0 Å². The molecule has 0 spiro atoms. The molecule has 1 aromatic rings. The molecule has 0 saturated carbocycles. The average Bonchev–Trinajstić information content (AvgIpc) is 2.46. The molecular weight excluding hydrogens is 188 g/mol. The monoisotopic (exact) mass is 202 g/mol. The van der Waals surface area contributed by atoms with Gasteiger partial charge in [-0.1, -0.05) is 13.8 Å². The third-order valence-electron chi connectivity index (χ3n) is 1.84. The predicted octanol–water partition coefficient (Wildman–Crippen LogP) is 0.816. The Labute approximate surface area is 78.6 Å². The largest absolute Gasteiger partial charge is 0.251 e. The molecule has 0 radical (unpaired) electrons. The summed E-state index contributed by atoms with van der Waals surface area (Å²) >= 11 is 0. The average molecular weight is 202 g/mol. The lowest BCUT2D eigenvalue weighted by atomic mass is 10.3. The van der Waals surface area contributed by atoms with Gasteiger partial charge < -0.3 is 0 Å². The van der Waals surface area contributed by atoms with Crippen molar-refractivity contribution in [2.45, 2.75) is 26.7 Å². The SMILES string of the molecule is CCc1cc(CC)n(S(C)(=O)=O)n1. The highest BCUT2D eigenvalue weighted by Gasteiger charge is 2.12. The fraction of sp³-hybridized carbons (Fsp3) is 0.625. The normalized spacial score (nSPS) is 11.9. The maximum Gasteiger partial charge on any atom is 0.251 e. The van der Waals surface area contributed by atoms with Gasteiger partial charge in [0.1, 0.15) is 0 Å². The van der Waals surface area contributed by atoms with Crippen LogP contribution in [-0.2, 0) is 22.9 Å². The van der Waals surface area contributed by atoms with Gasteiger partial charge in [0.25, 0.3) is 10.0 Å². The van der Waals surface area contributed by atoms with Crippen LogP contribution < -0.4 is 0 Å². The first-order valence-corrected chi connectivity index (χ1v) is 6.12. The molecule has 13 heavy (non-hydrogen) atoms. The van der Waals surface area contributed by atoms with Crippen LogP contribution in [0.2, 0.25) is 0 Å².